The summed E-state index contributed by atoms with van der Waals surface area (Å²) in [6.45, 7) is 3.46. The predicted molar refractivity (Wildman–Crippen MR) is 103 cm³/mol. The summed E-state index contributed by atoms with van der Waals surface area (Å²) in [7, 11) is 0. The third kappa shape index (κ3) is 7.32. The van der Waals surface area contributed by atoms with Crippen LogP contribution in [0.15, 0.2) is 54.6 Å². The van der Waals surface area contributed by atoms with Gasteiger partial charge in [-0.2, -0.15) is 0 Å². The van der Waals surface area contributed by atoms with Gasteiger partial charge < -0.3 is 15.4 Å². The van der Waals surface area contributed by atoms with E-state index in [-0.39, 0.29) is 31.3 Å². The molecule has 2 amide bonds. The van der Waals surface area contributed by atoms with E-state index in [2.05, 4.69) is 10.6 Å². The van der Waals surface area contributed by atoms with Gasteiger partial charge in [-0.1, -0.05) is 48.0 Å². The zero-order valence-electron chi connectivity index (χ0n) is 15.5. The highest BCUT2D eigenvalue weighted by Gasteiger charge is 2.21. The minimum Gasteiger partial charge on any atom is -0.461 e. The van der Waals surface area contributed by atoms with Crippen molar-refractivity contribution in [3.63, 3.8) is 0 Å². The molecule has 6 heteroatoms. The van der Waals surface area contributed by atoms with E-state index in [1.54, 1.807) is 12.1 Å². The fourth-order valence-electron chi connectivity index (χ4n) is 2.45. The molecule has 2 N–H and O–H groups in total. The van der Waals surface area contributed by atoms with Gasteiger partial charge in [0.05, 0.1) is 0 Å². The fraction of sp³-hybridized carbons (Fsp3) is 0.286. The molecule has 0 fully saturated rings. The zero-order chi connectivity index (χ0) is 19.6. The summed E-state index contributed by atoms with van der Waals surface area (Å²) in [6.07, 6.45) is 0.185. The normalized spacial score (nSPS) is 11.3. The van der Waals surface area contributed by atoms with Crippen molar-refractivity contribution in [2.24, 2.45) is 0 Å². The molecular formula is C21H24N2O4. The molecule has 1 atom stereocenters. The van der Waals surface area contributed by atoms with Crippen LogP contribution in [0.25, 0.3) is 0 Å². The van der Waals surface area contributed by atoms with E-state index in [0.29, 0.717) is 5.69 Å². The number of carbonyl (C=O) groups excluding carboxylic acids is 3. The van der Waals surface area contributed by atoms with E-state index in [0.717, 1.165) is 11.1 Å². The maximum Gasteiger partial charge on any atom is 0.306 e. The maximum atomic E-state index is 12.4. The van der Waals surface area contributed by atoms with Crippen molar-refractivity contribution in [3.05, 3.63) is 65.7 Å². The molecule has 27 heavy (non-hydrogen) atoms. The summed E-state index contributed by atoms with van der Waals surface area (Å²) < 4.78 is 5.21. The van der Waals surface area contributed by atoms with E-state index < -0.39 is 12.0 Å². The fourth-order valence-corrected chi connectivity index (χ4v) is 2.45. The number of nitrogens with one attached hydrogen (secondary N) is 2. The SMILES string of the molecule is CC(=O)N[C@H](CCC(=O)OCc1ccccc1)C(=O)Nc1ccc(C)cc1. The third-order valence-corrected chi connectivity index (χ3v) is 3.89. The van der Waals surface area contributed by atoms with Gasteiger partial charge in [-0.25, -0.2) is 0 Å². The maximum absolute atomic E-state index is 12.4. The summed E-state index contributed by atoms with van der Waals surface area (Å²) in [6, 6.07) is 15.9. The van der Waals surface area contributed by atoms with Crippen LogP contribution < -0.4 is 10.6 Å². The smallest absolute Gasteiger partial charge is 0.306 e. The first-order valence-corrected chi connectivity index (χ1v) is 8.78. The number of amides is 2. The third-order valence-electron chi connectivity index (χ3n) is 3.89. The van der Waals surface area contributed by atoms with Crippen LogP contribution in [0.2, 0.25) is 0 Å². The Balaban J connectivity index is 1.87. The zero-order valence-corrected chi connectivity index (χ0v) is 15.5. The van der Waals surface area contributed by atoms with Gasteiger partial charge in [0.25, 0.3) is 0 Å². The Hall–Kier alpha value is -3.15. The first kappa shape index (κ1) is 20.2. The lowest BCUT2D eigenvalue weighted by Crippen LogP contribution is -2.43. The van der Waals surface area contributed by atoms with Crippen LogP contribution in [0.1, 0.15) is 30.9 Å². The van der Waals surface area contributed by atoms with E-state index >= 15 is 0 Å². The van der Waals surface area contributed by atoms with E-state index in [1.807, 2.05) is 49.4 Å². The minimum absolute atomic E-state index is 0.0269. The molecule has 0 aromatic heterocycles. The highest BCUT2D eigenvalue weighted by Crippen LogP contribution is 2.11. The molecule has 0 aliphatic heterocycles. The summed E-state index contributed by atoms with van der Waals surface area (Å²) in [5.74, 6) is -1.13. The first-order chi connectivity index (χ1) is 12.9. The lowest BCUT2D eigenvalue weighted by molar-refractivity contribution is -0.145. The van der Waals surface area contributed by atoms with Crippen LogP contribution >= 0.6 is 0 Å². The quantitative estimate of drug-likeness (QED) is 0.702. The highest BCUT2D eigenvalue weighted by atomic mass is 16.5. The molecule has 2 rings (SSSR count). The Morgan fingerprint density at radius 1 is 1.00 bits per heavy atom. The molecule has 6 nitrogen and oxygen atoms in total. The highest BCUT2D eigenvalue weighted by molar-refractivity contribution is 5.97. The second kappa shape index (κ2) is 10.1. The van der Waals surface area contributed by atoms with Crippen LogP contribution in [0.3, 0.4) is 0 Å². The second-order valence-corrected chi connectivity index (χ2v) is 6.29. The molecular weight excluding hydrogens is 344 g/mol. The molecule has 2 aromatic rings. The molecule has 0 bridgehead atoms. The topological polar surface area (TPSA) is 84.5 Å². The van der Waals surface area contributed by atoms with Crippen LogP contribution in [-0.2, 0) is 25.7 Å². The number of rotatable bonds is 8. The Labute approximate surface area is 158 Å². The van der Waals surface area contributed by atoms with Crippen molar-refractivity contribution in [3.8, 4) is 0 Å². The van der Waals surface area contributed by atoms with Crippen molar-refractivity contribution in [2.45, 2.75) is 39.3 Å². The Kier molecular flexibility index (Phi) is 7.55. The number of benzene rings is 2. The average molecular weight is 368 g/mol. The van der Waals surface area contributed by atoms with Gasteiger partial charge in [0, 0.05) is 19.0 Å². The van der Waals surface area contributed by atoms with Crippen molar-refractivity contribution in [1.29, 1.82) is 0 Å². The van der Waals surface area contributed by atoms with E-state index in [9.17, 15) is 14.4 Å². The molecule has 0 heterocycles. The van der Waals surface area contributed by atoms with Crippen LogP contribution in [0, 0.1) is 6.92 Å². The lowest BCUT2D eigenvalue weighted by Gasteiger charge is -2.17. The van der Waals surface area contributed by atoms with Crippen molar-refractivity contribution in [1.82, 2.24) is 5.32 Å². The van der Waals surface area contributed by atoms with Gasteiger partial charge in [-0.05, 0) is 31.0 Å². The standard InChI is InChI=1S/C21H24N2O4/c1-15-8-10-18(11-9-15)23-21(26)19(22-16(2)24)12-13-20(25)27-14-17-6-4-3-5-7-17/h3-11,19H,12-14H2,1-2H3,(H,22,24)(H,23,26)/t19-/m1/s1. The average Bonchev–Trinajstić information content (AvgIpc) is 2.65. The Morgan fingerprint density at radius 2 is 1.67 bits per heavy atom. The van der Waals surface area contributed by atoms with Crippen molar-refractivity contribution < 1.29 is 19.1 Å². The number of anilines is 1. The van der Waals surface area contributed by atoms with E-state index in [1.165, 1.54) is 6.92 Å². The monoisotopic (exact) mass is 368 g/mol. The van der Waals surface area contributed by atoms with Crippen molar-refractivity contribution >= 4 is 23.5 Å². The molecule has 0 radical (unpaired) electrons. The molecule has 0 saturated heterocycles. The minimum atomic E-state index is -0.812. The molecule has 0 spiro atoms. The van der Waals surface area contributed by atoms with Gasteiger partial charge in [0.15, 0.2) is 0 Å². The summed E-state index contributed by atoms with van der Waals surface area (Å²) in [4.78, 5) is 35.8. The summed E-state index contributed by atoms with van der Waals surface area (Å²) in [5.41, 5.74) is 2.60. The van der Waals surface area contributed by atoms with E-state index in [4.69, 9.17) is 4.74 Å². The first-order valence-electron chi connectivity index (χ1n) is 8.78. The number of ether oxygens (including phenoxy) is 1. The van der Waals surface area contributed by atoms with Gasteiger partial charge in [0.1, 0.15) is 12.6 Å². The van der Waals surface area contributed by atoms with Crippen LogP contribution in [-0.4, -0.2) is 23.8 Å². The van der Waals surface area contributed by atoms with Gasteiger partial charge in [0.2, 0.25) is 11.8 Å². The molecule has 0 saturated carbocycles. The van der Waals surface area contributed by atoms with Gasteiger partial charge >= 0.3 is 5.97 Å². The predicted octanol–water partition coefficient (Wildman–Crippen LogP) is 2.96. The van der Waals surface area contributed by atoms with Crippen LogP contribution in [0.5, 0.6) is 0 Å². The lowest BCUT2D eigenvalue weighted by atomic mass is 10.1. The molecule has 2 aromatic carbocycles. The Bertz CT molecular complexity index is 773. The van der Waals surface area contributed by atoms with Gasteiger partial charge in [-0.15, -0.1) is 0 Å². The molecule has 142 valence electrons. The molecule has 0 unspecified atom stereocenters. The van der Waals surface area contributed by atoms with Gasteiger partial charge in [-0.3, -0.25) is 14.4 Å². The van der Waals surface area contributed by atoms with Crippen molar-refractivity contribution in [2.75, 3.05) is 5.32 Å². The van der Waals surface area contributed by atoms with Crippen LogP contribution in [0.4, 0.5) is 5.69 Å². The number of hydrogen-bond acceptors (Lipinski definition) is 4. The Morgan fingerprint density at radius 3 is 2.30 bits per heavy atom. The summed E-state index contributed by atoms with van der Waals surface area (Å²) >= 11 is 0. The largest absolute Gasteiger partial charge is 0.461 e. The number of aryl methyl sites for hydroxylation is 1. The molecule has 0 aliphatic carbocycles. The second-order valence-electron chi connectivity index (χ2n) is 6.29. The summed E-state index contributed by atoms with van der Waals surface area (Å²) in [5, 5.41) is 5.33. The molecule has 0 aliphatic rings. The number of carbonyl (C=O) groups is 3. The number of hydrogen-bond donors (Lipinski definition) is 2. The number of esters is 1.